The van der Waals surface area contributed by atoms with Gasteiger partial charge in [0, 0.05) is 16.3 Å². The molecule has 1 N–H and O–H groups in total. The zero-order valence-electron chi connectivity index (χ0n) is 18.5. The minimum absolute atomic E-state index is 0.297. The molecule has 0 fully saturated rings. The molecule has 0 saturated carbocycles. The Morgan fingerprint density at radius 3 is 2.88 bits per heavy atom. The molecule has 0 saturated heterocycles. The number of esters is 1. The Hall–Kier alpha value is -3.06. The third-order valence-corrected chi connectivity index (χ3v) is 6.97. The summed E-state index contributed by atoms with van der Waals surface area (Å²) in [6.07, 6.45) is 6.98. The van der Waals surface area contributed by atoms with Crippen LogP contribution in [-0.2, 0) is 22.4 Å². The molecule has 1 amide bonds. The van der Waals surface area contributed by atoms with Crippen LogP contribution < -0.4 is 10.1 Å². The lowest BCUT2D eigenvalue weighted by atomic mass is 9.85. The Kier molecular flexibility index (Phi) is 6.65. The lowest BCUT2D eigenvalue weighted by molar-refractivity contribution is -0.111. The number of carbonyl (C=O) groups is 2. The Morgan fingerprint density at radius 2 is 2.12 bits per heavy atom. The summed E-state index contributed by atoms with van der Waals surface area (Å²) in [6.45, 7) is 4.27. The van der Waals surface area contributed by atoms with Gasteiger partial charge in [-0.25, -0.2) is 4.79 Å². The first-order chi connectivity index (χ1) is 15.5. The molecule has 1 aliphatic rings. The van der Waals surface area contributed by atoms with Gasteiger partial charge in [0.2, 0.25) is 5.91 Å². The van der Waals surface area contributed by atoms with E-state index in [1.165, 1.54) is 22.3 Å². The van der Waals surface area contributed by atoms with E-state index in [4.69, 9.17) is 13.9 Å². The number of methoxy groups -OCH3 is 1. The number of fused-ring (bicyclic) bond motifs is 2. The van der Waals surface area contributed by atoms with E-state index in [2.05, 4.69) is 12.2 Å². The summed E-state index contributed by atoms with van der Waals surface area (Å²) in [4.78, 5) is 26.5. The zero-order chi connectivity index (χ0) is 22.7. The molecule has 1 aromatic carbocycles. The van der Waals surface area contributed by atoms with Gasteiger partial charge < -0.3 is 19.2 Å². The molecule has 1 aliphatic carbocycles. The highest BCUT2D eigenvalue weighted by Gasteiger charge is 2.29. The van der Waals surface area contributed by atoms with Crippen molar-refractivity contribution in [3.05, 3.63) is 52.1 Å². The first-order valence-corrected chi connectivity index (χ1v) is 11.7. The molecule has 2 heterocycles. The second-order valence-electron chi connectivity index (χ2n) is 7.82. The van der Waals surface area contributed by atoms with E-state index in [-0.39, 0.29) is 11.9 Å². The highest BCUT2D eigenvalue weighted by molar-refractivity contribution is 7.17. The molecule has 3 aromatic rings. The highest BCUT2D eigenvalue weighted by atomic mass is 32.1. The van der Waals surface area contributed by atoms with Gasteiger partial charge in [-0.05, 0) is 68.0 Å². The first kappa shape index (κ1) is 22.1. The smallest absolute Gasteiger partial charge is 0.341 e. The summed E-state index contributed by atoms with van der Waals surface area (Å²) in [6, 6.07) is 7.38. The summed E-state index contributed by atoms with van der Waals surface area (Å²) in [5.41, 5.74) is 2.26. The second-order valence-corrected chi connectivity index (χ2v) is 8.93. The SMILES string of the molecule is CCOC(=O)c1c(NC(=O)/C=C/c2cc3cc(OC)ccc3o2)sc2c1CC[C@H](CC)C2. The van der Waals surface area contributed by atoms with Crippen molar-refractivity contribution >= 4 is 45.3 Å². The molecule has 0 spiro atoms. The molecule has 4 rings (SSSR count). The normalized spacial score (nSPS) is 15.7. The van der Waals surface area contributed by atoms with Crippen LogP contribution >= 0.6 is 11.3 Å². The molecule has 0 radical (unpaired) electrons. The number of ether oxygens (including phenoxy) is 2. The lowest BCUT2D eigenvalue weighted by Gasteiger charge is -2.20. The van der Waals surface area contributed by atoms with Crippen molar-refractivity contribution in [3.8, 4) is 5.75 Å². The van der Waals surface area contributed by atoms with Gasteiger partial charge in [0.05, 0.1) is 19.3 Å². The van der Waals surface area contributed by atoms with Crippen molar-refractivity contribution in [2.75, 3.05) is 19.0 Å². The Balaban J connectivity index is 1.54. The number of benzene rings is 1. The van der Waals surface area contributed by atoms with E-state index >= 15 is 0 Å². The molecule has 7 heteroatoms. The fourth-order valence-electron chi connectivity index (χ4n) is 4.07. The maximum Gasteiger partial charge on any atom is 0.341 e. The molecule has 0 bridgehead atoms. The summed E-state index contributed by atoms with van der Waals surface area (Å²) in [5.74, 6) is 1.23. The summed E-state index contributed by atoms with van der Waals surface area (Å²) in [5, 5.41) is 4.35. The average Bonchev–Trinajstić information content (AvgIpc) is 3.36. The number of rotatable bonds is 7. The van der Waals surface area contributed by atoms with E-state index < -0.39 is 0 Å². The molecule has 32 heavy (non-hydrogen) atoms. The van der Waals surface area contributed by atoms with Crippen molar-refractivity contribution in [1.29, 1.82) is 0 Å². The van der Waals surface area contributed by atoms with Crippen LogP contribution in [0.5, 0.6) is 5.75 Å². The largest absolute Gasteiger partial charge is 0.497 e. The molecule has 2 aromatic heterocycles. The predicted octanol–water partition coefficient (Wildman–Crippen LogP) is 5.85. The second kappa shape index (κ2) is 9.61. The van der Waals surface area contributed by atoms with E-state index in [1.807, 2.05) is 24.3 Å². The molecule has 0 unspecified atom stereocenters. The molecular formula is C25H27NO5S. The fourth-order valence-corrected chi connectivity index (χ4v) is 5.43. The van der Waals surface area contributed by atoms with Crippen LogP contribution in [0.1, 0.15) is 53.2 Å². The van der Waals surface area contributed by atoms with Gasteiger partial charge in [0.25, 0.3) is 0 Å². The van der Waals surface area contributed by atoms with Crippen molar-refractivity contribution in [2.45, 2.75) is 39.5 Å². The third kappa shape index (κ3) is 4.58. The number of anilines is 1. The Morgan fingerprint density at radius 1 is 1.28 bits per heavy atom. The first-order valence-electron chi connectivity index (χ1n) is 10.9. The quantitative estimate of drug-likeness (QED) is 0.359. The van der Waals surface area contributed by atoms with Crippen molar-refractivity contribution in [1.82, 2.24) is 0 Å². The monoisotopic (exact) mass is 453 g/mol. The van der Waals surface area contributed by atoms with Crippen LogP contribution in [0.4, 0.5) is 5.00 Å². The summed E-state index contributed by atoms with van der Waals surface area (Å²) in [7, 11) is 1.61. The standard InChI is InChI=1S/C25H27NO5S/c1-4-15-6-9-19-21(12-15)32-24(23(19)25(28)30-5-2)26-22(27)11-8-18-14-16-13-17(29-3)7-10-20(16)31-18/h7-8,10-11,13-15H,4-6,9,12H2,1-3H3,(H,26,27)/b11-8+/t15-/m0/s1. The van der Waals surface area contributed by atoms with Crippen LogP contribution in [0.3, 0.4) is 0 Å². The van der Waals surface area contributed by atoms with Gasteiger partial charge in [0.15, 0.2) is 0 Å². The van der Waals surface area contributed by atoms with Gasteiger partial charge in [0.1, 0.15) is 22.1 Å². The molecular weight excluding hydrogens is 426 g/mol. The maximum absolute atomic E-state index is 12.7. The van der Waals surface area contributed by atoms with E-state index in [1.54, 1.807) is 20.1 Å². The highest BCUT2D eigenvalue weighted by Crippen LogP contribution is 2.40. The Labute approximate surface area is 191 Å². The summed E-state index contributed by atoms with van der Waals surface area (Å²) >= 11 is 1.49. The van der Waals surface area contributed by atoms with Gasteiger partial charge in [-0.3, -0.25) is 4.79 Å². The van der Waals surface area contributed by atoms with Crippen LogP contribution in [0.25, 0.3) is 17.0 Å². The van der Waals surface area contributed by atoms with Crippen LogP contribution in [0, 0.1) is 5.92 Å². The van der Waals surface area contributed by atoms with Gasteiger partial charge in [-0.15, -0.1) is 11.3 Å². The van der Waals surface area contributed by atoms with Crippen molar-refractivity contribution in [3.63, 3.8) is 0 Å². The van der Waals surface area contributed by atoms with Gasteiger partial charge in [-0.1, -0.05) is 13.3 Å². The van der Waals surface area contributed by atoms with E-state index in [0.29, 0.717) is 34.4 Å². The zero-order valence-corrected chi connectivity index (χ0v) is 19.3. The van der Waals surface area contributed by atoms with Crippen molar-refractivity contribution < 1.29 is 23.5 Å². The minimum Gasteiger partial charge on any atom is -0.497 e. The Bertz CT molecular complexity index is 1170. The maximum atomic E-state index is 12.7. The van der Waals surface area contributed by atoms with Gasteiger partial charge >= 0.3 is 5.97 Å². The minimum atomic E-state index is -0.370. The fraction of sp³-hybridized carbons (Fsp3) is 0.360. The molecule has 1 atom stereocenters. The number of nitrogens with one attached hydrogen (secondary N) is 1. The number of hydrogen-bond acceptors (Lipinski definition) is 6. The number of hydrogen-bond donors (Lipinski definition) is 1. The predicted molar refractivity (Wildman–Crippen MR) is 127 cm³/mol. The third-order valence-electron chi connectivity index (χ3n) is 5.80. The number of amides is 1. The van der Waals surface area contributed by atoms with Crippen molar-refractivity contribution in [2.24, 2.45) is 5.92 Å². The molecule has 0 aliphatic heterocycles. The lowest BCUT2D eigenvalue weighted by Crippen LogP contribution is -2.16. The van der Waals surface area contributed by atoms with Gasteiger partial charge in [-0.2, -0.15) is 0 Å². The number of furan rings is 1. The topological polar surface area (TPSA) is 77.8 Å². The average molecular weight is 454 g/mol. The molecule has 168 valence electrons. The van der Waals surface area contributed by atoms with E-state index in [9.17, 15) is 9.59 Å². The summed E-state index contributed by atoms with van der Waals surface area (Å²) < 4.78 is 16.3. The van der Waals surface area contributed by atoms with Crippen LogP contribution in [-0.4, -0.2) is 25.6 Å². The van der Waals surface area contributed by atoms with E-state index in [0.717, 1.165) is 42.4 Å². The number of thiophene rings is 1. The van der Waals surface area contributed by atoms with Crippen LogP contribution in [0.15, 0.2) is 34.8 Å². The number of carbonyl (C=O) groups excluding carboxylic acids is 2. The van der Waals surface area contributed by atoms with Crippen LogP contribution in [0.2, 0.25) is 0 Å². The molecule has 6 nitrogen and oxygen atoms in total.